The van der Waals surface area contributed by atoms with Gasteiger partial charge in [-0.2, -0.15) is 0 Å². The fourth-order valence-corrected chi connectivity index (χ4v) is 2.19. The van der Waals surface area contributed by atoms with Crippen LogP contribution in [0.15, 0.2) is 23.3 Å². The summed E-state index contributed by atoms with van der Waals surface area (Å²) in [6.07, 6.45) is 2.89. The van der Waals surface area contributed by atoms with E-state index in [4.69, 9.17) is 4.74 Å². The van der Waals surface area contributed by atoms with Crippen molar-refractivity contribution in [1.82, 2.24) is 15.6 Å². The average molecular weight is 449 g/mol. The number of pyridine rings is 1. The fraction of sp³-hybridized carbons (Fsp3) is 0.647. The molecule has 7 heteroatoms. The van der Waals surface area contributed by atoms with Crippen molar-refractivity contribution in [2.75, 3.05) is 44.8 Å². The summed E-state index contributed by atoms with van der Waals surface area (Å²) in [5.74, 6) is 1.83. The summed E-state index contributed by atoms with van der Waals surface area (Å²) in [5.41, 5.74) is 1.14. The second kappa shape index (κ2) is 14.3. The minimum atomic E-state index is 0. The quantitative estimate of drug-likeness (QED) is 0.249. The number of guanidine groups is 1. The van der Waals surface area contributed by atoms with Crippen molar-refractivity contribution in [3.8, 4) is 0 Å². The average Bonchev–Trinajstić information content (AvgIpc) is 2.59. The molecule has 0 aromatic carbocycles. The van der Waals surface area contributed by atoms with Gasteiger partial charge in [-0.25, -0.2) is 4.98 Å². The van der Waals surface area contributed by atoms with E-state index >= 15 is 0 Å². The minimum absolute atomic E-state index is 0. The first-order chi connectivity index (χ1) is 11.2. The van der Waals surface area contributed by atoms with Crippen molar-refractivity contribution >= 4 is 35.8 Å². The zero-order chi connectivity index (χ0) is 16.9. The lowest BCUT2D eigenvalue weighted by Gasteiger charge is -2.19. The lowest BCUT2D eigenvalue weighted by atomic mass is 10.2. The van der Waals surface area contributed by atoms with Gasteiger partial charge in [0.15, 0.2) is 5.96 Å². The van der Waals surface area contributed by atoms with Crippen LogP contribution in [0.1, 0.15) is 32.8 Å². The number of nitrogens with one attached hydrogen (secondary N) is 2. The molecule has 2 N–H and O–H groups in total. The largest absolute Gasteiger partial charge is 0.382 e. The lowest BCUT2D eigenvalue weighted by Crippen LogP contribution is -2.37. The molecule has 138 valence electrons. The molecule has 0 radical (unpaired) electrons. The maximum Gasteiger partial charge on any atom is 0.191 e. The number of anilines is 1. The number of aromatic nitrogens is 1. The van der Waals surface area contributed by atoms with Gasteiger partial charge >= 0.3 is 0 Å². The molecule has 0 spiro atoms. The van der Waals surface area contributed by atoms with E-state index in [1.54, 1.807) is 7.05 Å². The zero-order valence-electron chi connectivity index (χ0n) is 15.3. The Morgan fingerprint density at radius 2 is 1.96 bits per heavy atom. The van der Waals surface area contributed by atoms with Crippen LogP contribution < -0.4 is 15.5 Å². The summed E-state index contributed by atoms with van der Waals surface area (Å²) >= 11 is 0. The number of rotatable bonds is 10. The Balaban J connectivity index is 0.00000529. The molecule has 0 fully saturated rings. The summed E-state index contributed by atoms with van der Waals surface area (Å²) in [7, 11) is 1.78. The van der Waals surface area contributed by atoms with Crippen molar-refractivity contribution in [3.05, 3.63) is 23.9 Å². The van der Waals surface area contributed by atoms with Gasteiger partial charge in [0.05, 0.1) is 0 Å². The van der Waals surface area contributed by atoms with Crippen molar-refractivity contribution in [3.63, 3.8) is 0 Å². The highest BCUT2D eigenvalue weighted by atomic mass is 127. The van der Waals surface area contributed by atoms with Gasteiger partial charge in [-0.15, -0.1) is 24.0 Å². The van der Waals surface area contributed by atoms with E-state index in [1.807, 2.05) is 13.1 Å². The molecule has 1 heterocycles. The first kappa shape index (κ1) is 22.9. The fourth-order valence-electron chi connectivity index (χ4n) is 2.19. The maximum atomic E-state index is 5.31. The van der Waals surface area contributed by atoms with Crippen LogP contribution in [0, 0.1) is 0 Å². The SMILES string of the molecule is CCOCCCNC(=NC)NCc1ccc(N(CC)CC)nc1.I. The summed E-state index contributed by atoms with van der Waals surface area (Å²) in [5, 5.41) is 6.57. The Kier molecular flexibility index (Phi) is 13.6. The number of ether oxygens (including phenoxy) is 1. The maximum absolute atomic E-state index is 5.31. The molecule has 0 saturated carbocycles. The third-order valence-corrected chi connectivity index (χ3v) is 3.54. The molecule has 24 heavy (non-hydrogen) atoms. The van der Waals surface area contributed by atoms with Crippen LogP contribution in [0.5, 0.6) is 0 Å². The summed E-state index contributed by atoms with van der Waals surface area (Å²) in [4.78, 5) is 11.0. The molecule has 1 aromatic heterocycles. The number of nitrogens with zero attached hydrogens (tertiary/aromatic N) is 3. The Morgan fingerprint density at radius 1 is 1.21 bits per heavy atom. The Morgan fingerprint density at radius 3 is 2.50 bits per heavy atom. The van der Waals surface area contributed by atoms with Crippen LogP contribution in [-0.2, 0) is 11.3 Å². The van der Waals surface area contributed by atoms with Gasteiger partial charge in [0.1, 0.15) is 5.82 Å². The number of hydrogen-bond acceptors (Lipinski definition) is 4. The van der Waals surface area contributed by atoms with E-state index in [1.165, 1.54) is 0 Å². The molecule has 6 nitrogen and oxygen atoms in total. The third kappa shape index (κ3) is 8.68. The van der Waals surface area contributed by atoms with Gasteiger partial charge < -0.3 is 20.3 Å². The molecule has 0 aliphatic heterocycles. The second-order valence-corrected chi connectivity index (χ2v) is 5.10. The van der Waals surface area contributed by atoms with E-state index in [-0.39, 0.29) is 24.0 Å². The van der Waals surface area contributed by atoms with Gasteiger partial charge in [-0.05, 0) is 38.8 Å². The third-order valence-electron chi connectivity index (χ3n) is 3.54. The molecular weight excluding hydrogens is 417 g/mol. The van der Waals surface area contributed by atoms with Gasteiger partial charge in [-0.3, -0.25) is 4.99 Å². The molecule has 0 unspecified atom stereocenters. The number of halogens is 1. The van der Waals surface area contributed by atoms with Crippen molar-refractivity contribution in [2.24, 2.45) is 4.99 Å². The smallest absolute Gasteiger partial charge is 0.191 e. The van der Waals surface area contributed by atoms with E-state index in [0.717, 1.165) is 56.6 Å². The van der Waals surface area contributed by atoms with Crippen molar-refractivity contribution in [2.45, 2.75) is 33.7 Å². The minimum Gasteiger partial charge on any atom is -0.382 e. The molecule has 1 aromatic rings. The highest BCUT2D eigenvalue weighted by Crippen LogP contribution is 2.10. The van der Waals surface area contributed by atoms with E-state index in [0.29, 0.717) is 6.54 Å². The zero-order valence-corrected chi connectivity index (χ0v) is 17.7. The molecular formula is C17H32IN5O. The topological polar surface area (TPSA) is 61.8 Å². The van der Waals surface area contributed by atoms with Crippen LogP contribution in [0.4, 0.5) is 5.82 Å². The first-order valence-corrected chi connectivity index (χ1v) is 8.47. The van der Waals surface area contributed by atoms with E-state index < -0.39 is 0 Å². The molecule has 0 bridgehead atoms. The Hall–Kier alpha value is -1.09. The summed E-state index contributed by atoms with van der Waals surface area (Å²) < 4.78 is 5.31. The first-order valence-electron chi connectivity index (χ1n) is 8.47. The van der Waals surface area contributed by atoms with Gasteiger partial charge in [0.25, 0.3) is 0 Å². The Labute approximate surface area is 163 Å². The van der Waals surface area contributed by atoms with Gasteiger partial charge in [-0.1, -0.05) is 6.07 Å². The van der Waals surface area contributed by atoms with Crippen LogP contribution in [0.3, 0.4) is 0 Å². The van der Waals surface area contributed by atoms with Crippen LogP contribution in [-0.4, -0.2) is 50.8 Å². The Bertz CT molecular complexity index is 449. The van der Waals surface area contributed by atoms with E-state index in [9.17, 15) is 0 Å². The number of hydrogen-bond donors (Lipinski definition) is 2. The molecule has 0 atom stereocenters. The van der Waals surface area contributed by atoms with Crippen LogP contribution in [0.25, 0.3) is 0 Å². The molecule has 0 aliphatic carbocycles. The van der Waals surface area contributed by atoms with Crippen LogP contribution >= 0.6 is 24.0 Å². The highest BCUT2D eigenvalue weighted by Gasteiger charge is 2.03. The molecule has 0 aliphatic rings. The summed E-state index contributed by atoms with van der Waals surface area (Å²) in [6.45, 7) is 11.3. The molecule has 0 amide bonds. The van der Waals surface area contributed by atoms with E-state index in [2.05, 4.69) is 51.5 Å². The predicted molar refractivity (Wildman–Crippen MR) is 113 cm³/mol. The lowest BCUT2D eigenvalue weighted by molar-refractivity contribution is 0.145. The van der Waals surface area contributed by atoms with Crippen LogP contribution in [0.2, 0.25) is 0 Å². The number of aliphatic imine (C=N–C) groups is 1. The standard InChI is InChI=1S/C17H31N5O.HI/c1-5-22(6-2)16-10-9-15(13-20-16)14-21-17(18-4)19-11-8-12-23-7-3;/h9-10,13H,5-8,11-12,14H2,1-4H3,(H2,18,19,21);1H. The van der Waals surface area contributed by atoms with Crippen molar-refractivity contribution in [1.29, 1.82) is 0 Å². The highest BCUT2D eigenvalue weighted by molar-refractivity contribution is 14.0. The van der Waals surface area contributed by atoms with Crippen molar-refractivity contribution < 1.29 is 4.74 Å². The summed E-state index contributed by atoms with van der Waals surface area (Å²) in [6, 6.07) is 4.18. The monoisotopic (exact) mass is 449 g/mol. The van der Waals surface area contributed by atoms with Gasteiger partial charge in [0, 0.05) is 52.6 Å². The second-order valence-electron chi connectivity index (χ2n) is 5.10. The molecule has 0 saturated heterocycles. The predicted octanol–water partition coefficient (Wildman–Crippen LogP) is 2.64. The normalized spacial score (nSPS) is 10.9. The van der Waals surface area contributed by atoms with Gasteiger partial charge in [0.2, 0.25) is 0 Å². The molecule has 1 rings (SSSR count).